The number of benzene rings is 2. The molecule has 4 aromatic rings. The summed E-state index contributed by atoms with van der Waals surface area (Å²) in [6.07, 6.45) is 1.63. The van der Waals surface area contributed by atoms with Crippen LogP contribution in [0.5, 0.6) is 5.75 Å². The van der Waals surface area contributed by atoms with Gasteiger partial charge in [0.2, 0.25) is 5.95 Å². The van der Waals surface area contributed by atoms with E-state index in [9.17, 15) is 9.59 Å². The van der Waals surface area contributed by atoms with Gasteiger partial charge in [-0.15, -0.1) is 0 Å². The minimum absolute atomic E-state index is 0.262. The molecule has 170 valence electrons. The zero-order valence-corrected chi connectivity index (χ0v) is 18.3. The van der Waals surface area contributed by atoms with Crippen LogP contribution >= 0.6 is 0 Å². The van der Waals surface area contributed by atoms with Crippen LogP contribution < -0.4 is 21.4 Å². The smallest absolute Gasteiger partial charge is 0.329 e. The van der Waals surface area contributed by atoms with Crippen LogP contribution in [0.4, 0.5) is 5.95 Å². The SMILES string of the molecule is COCCn1c(N/N=C/c2ccc(OCc3ccccc3)cc2)nc2c1c(=O)[nH]c(=O)n2C. The molecule has 0 aliphatic carbocycles. The van der Waals surface area contributed by atoms with Crippen molar-refractivity contribution < 1.29 is 9.47 Å². The van der Waals surface area contributed by atoms with Crippen LogP contribution in [0.2, 0.25) is 0 Å². The van der Waals surface area contributed by atoms with Crippen molar-refractivity contribution in [1.82, 2.24) is 19.1 Å². The van der Waals surface area contributed by atoms with Crippen molar-refractivity contribution in [2.45, 2.75) is 13.2 Å². The normalized spacial score (nSPS) is 11.3. The molecule has 0 saturated heterocycles. The number of hydrogen-bond acceptors (Lipinski definition) is 7. The summed E-state index contributed by atoms with van der Waals surface area (Å²) in [6, 6.07) is 17.5. The van der Waals surface area contributed by atoms with E-state index in [-0.39, 0.29) is 11.2 Å². The highest BCUT2D eigenvalue weighted by Gasteiger charge is 2.16. The average Bonchev–Trinajstić information content (AvgIpc) is 3.20. The molecule has 2 heterocycles. The molecule has 0 unspecified atom stereocenters. The monoisotopic (exact) mass is 448 g/mol. The van der Waals surface area contributed by atoms with Crippen molar-refractivity contribution in [3.8, 4) is 5.75 Å². The van der Waals surface area contributed by atoms with E-state index in [2.05, 4.69) is 20.5 Å². The standard InChI is InChI=1S/C23H24N6O4/c1-28-20-19(21(30)26-23(28)31)29(12-13-32-2)22(25-20)27-24-14-16-8-10-18(11-9-16)33-15-17-6-4-3-5-7-17/h3-11,14H,12-13,15H2,1-2H3,(H,25,27)(H,26,30,31)/b24-14+. The molecule has 0 atom stereocenters. The predicted octanol–water partition coefficient (Wildman–Crippen LogP) is 2.09. The third-order valence-electron chi connectivity index (χ3n) is 5.03. The van der Waals surface area contributed by atoms with Crippen molar-refractivity contribution in [3.63, 3.8) is 0 Å². The van der Waals surface area contributed by atoms with Crippen LogP contribution in [0.15, 0.2) is 69.3 Å². The minimum Gasteiger partial charge on any atom is -0.489 e. The largest absolute Gasteiger partial charge is 0.489 e. The van der Waals surface area contributed by atoms with Crippen LogP contribution in [0, 0.1) is 0 Å². The van der Waals surface area contributed by atoms with Gasteiger partial charge in [0.25, 0.3) is 5.56 Å². The first kappa shape index (κ1) is 22.0. The lowest BCUT2D eigenvalue weighted by Crippen LogP contribution is -2.29. The van der Waals surface area contributed by atoms with Gasteiger partial charge in [0.15, 0.2) is 11.2 Å². The average molecular weight is 448 g/mol. The lowest BCUT2D eigenvalue weighted by molar-refractivity contribution is 0.188. The van der Waals surface area contributed by atoms with Crippen molar-refractivity contribution in [3.05, 3.63) is 86.6 Å². The second kappa shape index (κ2) is 9.96. The van der Waals surface area contributed by atoms with Crippen LogP contribution in [-0.4, -0.2) is 39.0 Å². The Kier molecular flexibility index (Phi) is 6.65. The number of anilines is 1. The van der Waals surface area contributed by atoms with E-state index in [1.807, 2.05) is 54.6 Å². The van der Waals surface area contributed by atoms with Crippen LogP contribution in [0.3, 0.4) is 0 Å². The molecule has 4 rings (SSSR count). The first-order chi connectivity index (χ1) is 16.1. The van der Waals surface area contributed by atoms with E-state index < -0.39 is 11.2 Å². The minimum atomic E-state index is -0.534. The highest BCUT2D eigenvalue weighted by molar-refractivity contribution is 5.80. The Labute approximate surface area is 189 Å². The molecule has 0 fully saturated rings. The number of fused-ring (bicyclic) bond motifs is 1. The Morgan fingerprint density at radius 1 is 1.12 bits per heavy atom. The number of hydrogen-bond donors (Lipinski definition) is 2. The topological polar surface area (TPSA) is 116 Å². The number of aromatic nitrogens is 4. The molecular weight excluding hydrogens is 424 g/mol. The fourth-order valence-electron chi connectivity index (χ4n) is 3.28. The van der Waals surface area contributed by atoms with Gasteiger partial charge in [-0.05, 0) is 35.4 Å². The summed E-state index contributed by atoms with van der Waals surface area (Å²) in [5.41, 5.74) is 4.29. The van der Waals surface area contributed by atoms with Gasteiger partial charge in [-0.25, -0.2) is 10.2 Å². The number of aryl methyl sites for hydroxylation is 1. The molecule has 2 aromatic heterocycles. The Bertz CT molecular complexity index is 1370. The van der Waals surface area contributed by atoms with Gasteiger partial charge < -0.3 is 14.0 Å². The molecule has 0 amide bonds. The van der Waals surface area contributed by atoms with Crippen molar-refractivity contribution in [2.75, 3.05) is 19.1 Å². The Morgan fingerprint density at radius 2 is 1.88 bits per heavy atom. The summed E-state index contributed by atoms with van der Waals surface area (Å²) in [5, 5.41) is 4.24. The summed E-state index contributed by atoms with van der Waals surface area (Å²) in [7, 11) is 3.11. The van der Waals surface area contributed by atoms with Crippen LogP contribution in [0.25, 0.3) is 11.2 Å². The van der Waals surface area contributed by atoms with Gasteiger partial charge in [-0.3, -0.25) is 14.3 Å². The predicted molar refractivity (Wildman–Crippen MR) is 126 cm³/mol. The number of nitrogens with zero attached hydrogens (tertiary/aromatic N) is 4. The van der Waals surface area contributed by atoms with E-state index in [0.717, 1.165) is 16.9 Å². The Hall–Kier alpha value is -4.18. The quantitative estimate of drug-likeness (QED) is 0.299. The lowest BCUT2D eigenvalue weighted by atomic mass is 10.2. The highest BCUT2D eigenvalue weighted by atomic mass is 16.5. The number of rotatable bonds is 9. The number of H-pyrrole nitrogens is 1. The number of imidazole rings is 1. The van der Waals surface area contributed by atoms with E-state index in [1.54, 1.807) is 24.9 Å². The number of nitrogens with one attached hydrogen (secondary N) is 2. The van der Waals surface area contributed by atoms with Crippen molar-refractivity contribution >= 4 is 23.3 Å². The molecular formula is C23H24N6O4. The summed E-state index contributed by atoms with van der Waals surface area (Å²) in [5.74, 6) is 1.08. The number of methoxy groups -OCH3 is 1. The molecule has 0 saturated carbocycles. The maximum atomic E-state index is 12.4. The summed E-state index contributed by atoms with van der Waals surface area (Å²) < 4.78 is 13.8. The molecule has 2 N–H and O–H groups in total. The summed E-state index contributed by atoms with van der Waals surface area (Å²) in [6.45, 7) is 1.21. The van der Waals surface area contributed by atoms with Gasteiger partial charge in [0, 0.05) is 20.7 Å². The second-order valence-electron chi connectivity index (χ2n) is 7.28. The Morgan fingerprint density at radius 3 is 2.61 bits per heavy atom. The van der Waals surface area contributed by atoms with Gasteiger partial charge in [0.1, 0.15) is 12.4 Å². The zero-order chi connectivity index (χ0) is 23.2. The second-order valence-corrected chi connectivity index (χ2v) is 7.28. The first-order valence-corrected chi connectivity index (χ1v) is 10.3. The van der Waals surface area contributed by atoms with Gasteiger partial charge in [0.05, 0.1) is 12.8 Å². The van der Waals surface area contributed by atoms with E-state index in [4.69, 9.17) is 9.47 Å². The van der Waals surface area contributed by atoms with Crippen LogP contribution in [-0.2, 0) is 24.9 Å². The van der Waals surface area contributed by atoms with Crippen molar-refractivity contribution in [1.29, 1.82) is 0 Å². The fraction of sp³-hybridized carbons (Fsp3) is 0.217. The molecule has 10 nitrogen and oxygen atoms in total. The molecule has 33 heavy (non-hydrogen) atoms. The summed E-state index contributed by atoms with van der Waals surface area (Å²) in [4.78, 5) is 31.0. The highest BCUT2D eigenvalue weighted by Crippen LogP contribution is 2.16. The van der Waals surface area contributed by atoms with Crippen LogP contribution in [0.1, 0.15) is 11.1 Å². The molecule has 2 aromatic carbocycles. The Balaban J connectivity index is 1.49. The lowest BCUT2D eigenvalue weighted by Gasteiger charge is -2.07. The summed E-state index contributed by atoms with van der Waals surface area (Å²) >= 11 is 0. The maximum Gasteiger partial charge on any atom is 0.329 e. The number of hydrazone groups is 1. The molecule has 10 heteroatoms. The van der Waals surface area contributed by atoms with Gasteiger partial charge >= 0.3 is 5.69 Å². The molecule has 0 aliphatic rings. The molecule has 0 aliphatic heterocycles. The number of aromatic amines is 1. The fourth-order valence-corrected chi connectivity index (χ4v) is 3.28. The molecule has 0 radical (unpaired) electrons. The van der Waals surface area contributed by atoms with E-state index >= 15 is 0 Å². The zero-order valence-electron chi connectivity index (χ0n) is 18.3. The number of ether oxygens (including phenoxy) is 2. The third kappa shape index (κ3) is 5.01. The van der Waals surface area contributed by atoms with E-state index in [1.165, 1.54) is 4.57 Å². The maximum absolute atomic E-state index is 12.4. The van der Waals surface area contributed by atoms with Crippen molar-refractivity contribution in [2.24, 2.45) is 12.1 Å². The molecule has 0 bridgehead atoms. The molecule has 0 spiro atoms. The van der Waals surface area contributed by atoms with Gasteiger partial charge in [-0.1, -0.05) is 30.3 Å². The van der Waals surface area contributed by atoms with Gasteiger partial charge in [-0.2, -0.15) is 10.1 Å². The van der Waals surface area contributed by atoms with E-state index in [0.29, 0.717) is 25.7 Å². The first-order valence-electron chi connectivity index (χ1n) is 10.3. The third-order valence-corrected chi connectivity index (χ3v) is 5.03.